The first kappa shape index (κ1) is 80.9. The molecular formula is C88H92BN10O11. The highest BCUT2D eigenvalue weighted by Gasteiger charge is 2.23. The van der Waals surface area contributed by atoms with Gasteiger partial charge in [0, 0.05) is 155 Å². The number of carboxylic acid groups (broad SMARTS) is 1. The zero-order chi connectivity index (χ0) is 76.4. The van der Waals surface area contributed by atoms with Gasteiger partial charge in [0.15, 0.2) is 0 Å². The number of hydrogen-bond donors (Lipinski definition) is 4. The lowest BCUT2D eigenvalue weighted by molar-refractivity contribution is -0.156. The minimum Gasteiger partial charge on any atom is -0.478 e. The summed E-state index contributed by atoms with van der Waals surface area (Å²) in [5, 5.41) is 13.3. The number of rotatable bonds is 12. The summed E-state index contributed by atoms with van der Waals surface area (Å²) in [6.07, 6.45) is 4.41. The highest BCUT2D eigenvalue weighted by Crippen LogP contribution is 2.32. The van der Waals surface area contributed by atoms with Gasteiger partial charge >= 0.3 is 17.9 Å². The Kier molecular flexibility index (Phi) is 29.8. The summed E-state index contributed by atoms with van der Waals surface area (Å²) in [5.41, 5.74) is 34.8. The smallest absolute Gasteiger partial charge is 0.336 e. The predicted molar refractivity (Wildman–Crippen MR) is 435 cm³/mol. The van der Waals surface area contributed by atoms with Gasteiger partial charge in [-0.25, -0.2) is 24.7 Å². The van der Waals surface area contributed by atoms with E-state index in [1.165, 1.54) is 55.0 Å². The molecule has 0 spiro atoms. The molecule has 22 heteroatoms. The van der Waals surface area contributed by atoms with Crippen molar-refractivity contribution in [2.24, 2.45) is 0 Å². The number of ether oxygens (including phenoxy) is 5. The van der Waals surface area contributed by atoms with Crippen LogP contribution in [0.1, 0.15) is 77.4 Å². The van der Waals surface area contributed by atoms with E-state index in [9.17, 15) is 29.1 Å². The standard InChI is InChI=1S/C23H24N2O2.C20H19N3O2.C20H21N3O.C16H12N2O2.C5H10O.C4H6O3.B/c1-17(26)14-18-6-8-19(9-7-18)23-15-20(16-25-10-12-27-13-11-25)21-4-2-3-5-22(21)24-23;21-15-7-5-14(6-8-15)19-13-17(16-3-1-2-4-18(16)22-19)20(24)23-9-11-25-12-10-23;21-17-7-5-15(6-8-17)20-13-16(14-23-9-11-24-12-10-23)18-3-1-2-4-19(18)22-20;17-11-7-5-10(6-8-11)15-9-13(16(19)20)12-3-1-2-4-14(12)18-15;1-2-4-6-5-3-1;1-3(5)7-4(2)6;/h2-9,15H,10-14,16H2,1H3;1-8,13H,9-12,21H2;1-8,13H,9-12,14,21H2;1-9H,17H2,(H,19,20);1-5H2;1-2H3;. The van der Waals surface area contributed by atoms with Crippen molar-refractivity contribution in [3.05, 3.63) is 246 Å². The summed E-state index contributed by atoms with van der Waals surface area (Å²) in [7, 11) is 0. The number of nitrogen functional groups attached to an aromatic ring is 3. The maximum Gasteiger partial charge on any atom is 0.336 e. The molecule has 8 heterocycles. The van der Waals surface area contributed by atoms with Gasteiger partial charge in [0.25, 0.3) is 5.91 Å². The Morgan fingerprint density at radius 3 is 1.05 bits per heavy atom. The Balaban J connectivity index is 0.000000148. The fraction of sp³-hybridized carbons (Fsp3) is 0.261. The van der Waals surface area contributed by atoms with Crippen LogP contribution in [0.4, 0.5) is 17.1 Å². The van der Waals surface area contributed by atoms with Crippen LogP contribution in [0, 0.1) is 0 Å². The number of morpholine rings is 3. The Morgan fingerprint density at radius 2 is 0.709 bits per heavy atom. The number of anilines is 3. The van der Waals surface area contributed by atoms with Gasteiger partial charge < -0.3 is 50.9 Å². The number of ketones is 1. The molecule has 4 saturated heterocycles. The molecule has 4 aromatic heterocycles. The van der Waals surface area contributed by atoms with E-state index in [2.05, 4.69) is 80.2 Å². The number of pyridine rings is 4. The van der Waals surface area contributed by atoms with E-state index in [1.807, 2.05) is 132 Å². The van der Waals surface area contributed by atoms with Crippen LogP contribution in [0.5, 0.6) is 0 Å². The number of carbonyl (C=O) groups is 5. The normalized spacial score (nSPS) is 14.2. The number of carbonyl (C=O) groups excluding carboxylic acids is 4. The summed E-state index contributed by atoms with van der Waals surface area (Å²) in [4.78, 5) is 81.1. The van der Waals surface area contributed by atoms with E-state index >= 15 is 0 Å². The molecule has 110 heavy (non-hydrogen) atoms. The predicted octanol–water partition coefficient (Wildman–Crippen LogP) is 14.2. The zero-order valence-electron chi connectivity index (χ0n) is 62.4. The number of fused-ring (bicyclic) bond motifs is 4. The van der Waals surface area contributed by atoms with Gasteiger partial charge in [-0.2, -0.15) is 0 Å². The Labute approximate surface area is 642 Å². The van der Waals surface area contributed by atoms with E-state index in [4.69, 9.17) is 51.1 Å². The second kappa shape index (κ2) is 40.5. The molecule has 0 aliphatic carbocycles. The summed E-state index contributed by atoms with van der Waals surface area (Å²) in [6, 6.07) is 70.4. The number of benzene rings is 8. The van der Waals surface area contributed by atoms with E-state index in [0.717, 1.165) is 151 Å². The summed E-state index contributed by atoms with van der Waals surface area (Å²) in [6.45, 7) is 17.3. The maximum absolute atomic E-state index is 13.1. The first-order valence-corrected chi connectivity index (χ1v) is 36.7. The largest absolute Gasteiger partial charge is 0.478 e. The first-order valence-electron chi connectivity index (χ1n) is 36.7. The van der Waals surface area contributed by atoms with Crippen molar-refractivity contribution < 1.29 is 52.8 Å². The number of aromatic carboxylic acids is 1. The lowest BCUT2D eigenvalue weighted by Crippen LogP contribution is -2.40. The second-order valence-corrected chi connectivity index (χ2v) is 26.7. The second-order valence-electron chi connectivity index (χ2n) is 26.7. The Morgan fingerprint density at radius 1 is 0.391 bits per heavy atom. The number of nitrogens with two attached hydrogens (primary N) is 3. The molecule has 7 N–H and O–H groups in total. The molecule has 0 saturated carbocycles. The van der Waals surface area contributed by atoms with Crippen molar-refractivity contribution in [2.75, 3.05) is 109 Å². The summed E-state index contributed by atoms with van der Waals surface area (Å²) >= 11 is 0. The quantitative estimate of drug-likeness (QED) is 0.0382. The third kappa shape index (κ3) is 23.2. The van der Waals surface area contributed by atoms with E-state index in [1.54, 1.807) is 37.3 Å². The van der Waals surface area contributed by atoms with Crippen LogP contribution >= 0.6 is 0 Å². The van der Waals surface area contributed by atoms with Crippen molar-refractivity contribution in [1.29, 1.82) is 0 Å². The maximum atomic E-state index is 13.1. The molecule has 21 nitrogen and oxygen atoms in total. The Bertz CT molecular complexity index is 5050. The molecule has 16 rings (SSSR count). The molecule has 0 unspecified atom stereocenters. The average Bonchev–Trinajstić information content (AvgIpc) is 0.430. The van der Waals surface area contributed by atoms with Gasteiger partial charge in [-0.15, -0.1) is 0 Å². The molecule has 1 amide bonds. The number of hydrogen-bond acceptors (Lipinski definition) is 19. The molecule has 12 aromatic rings. The van der Waals surface area contributed by atoms with Crippen LogP contribution in [-0.4, -0.2) is 170 Å². The number of carboxylic acids is 1. The van der Waals surface area contributed by atoms with Crippen molar-refractivity contribution in [3.8, 4) is 45.0 Å². The van der Waals surface area contributed by atoms with E-state index in [-0.39, 0.29) is 25.7 Å². The molecular weight excluding hydrogens is 1380 g/mol. The monoisotopic (exact) mass is 1480 g/mol. The third-order valence-corrected chi connectivity index (χ3v) is 18.5. The van der Waals surface area contributed by atoms with Gasteiger partial charge in [0.2, 0.25) is 0 Å². The number of esters is 2. The van der Waals surface area contributed by atoms with Crippen molar-refractivity contribution in [2.45, 2.75) is 59.5 Å². The molecule has 563 valence electrons. The van der Waals surface area contributed by atoms with Crippen LogP contribution in [0.3, 0.4) is 0 Å². The van der Waals surface area contributed by atoms with Crippen LogP contribution in [0.15, 0.2) is 218 Å². The van der Waals surface area contributed by atoms with Crippen molar-refractivity contribution >= 4 is 98.7 Å². The SMILES string of the molecule is C1CCOCC1.CC(=O)Cc1ccc(-c2cc(CN3CCOCC3)c3ccccc3n2)cc1.CC(=O)OC(C)=O.Nc1ccc(-c2cc(C(=O)N3CCOCC3)c3ccccc3n2)cc1.Nc1ccc(-c2cc(C(=O)O)c3ccccc3n2)cc1.Nc1ccc(-c2cc(CN3CCOCC3)c3ccccc3n2)cc1.[B]. The molecule has 4 aliphatic rings. The van der Waals surface area contributed by atoms with Gasteiger partial charge in [-0.3, -0.25) is 29.0 Å². The summed E-state index contributed by atoms with van der Waals surface area (Å²) in [5.74, 6) is -1.88. The lowest BCUT2D eigenvalue weighted by atomic mass is 10.0. The highest BCUT2D eigenvalue weighted by atomic mass is 16.6. The minimum atomic E-state index is -0.958. The minimum absolute atomic E-state index is 0. The molecule has 8 aromatic carbocycles. The number of Topliss-reactive ketones (excluding diaryl/α,β-unsaturated/α-hetero) is 1. The molecule has 3 radical (unpaired) electrons. The summed E-state index contributed by atoms with van der Waals surface area (Å²) < 4.78 is 25.3. The van der Waals surface area contributed by atoms with Gasteiger partial charge in [-0.05, 0) is 128 Å². The van der Waals surface area contributed by atoms with E-state index < -0.39 is 17.9 Å². The molecule has 4 fully saturated rings. The molecule has 0 atom stereocenters. The fourth-order valence-corrected chi connectivity index (χ4v) is 12.9. The van der Waals surface area contributed by atoms with Crippen LogP contribution in [0.25, 0.3) is 88.6 Å². The Hall–Kier alpha value is -11.6. The molecule has 0 bridgehead atoms. The van der Waals surface area contributed by atoms with Crippen LogP contribution in [0.2, 0.25) is 0 Å². The van der Waals surface area contributed by atoms with Crippen molar-refractivity contribution in [3.63, 3.8) is 0 Å². The topological polar surface area (TPSA) is 291 Å². The molecule has 4 aliphatic heterocycles. The van der Waals surface area contributed by atoms with Gasteiger partial charge in [0.05, 0.1) is 95.6 Å². The van der Waals surface area contributed by atoms with Gasteiger partial charge in [0.1, 0.15) is 5.78 Å². The van der Waals surface area contributed by atoms with Gasteiger partial charge in [-0.1, -0.05) is 133 Å². The number of amides is 1. The van der Waals surface area contributed by atoms with E-state index in [0.29, 0.717) is 66.3 Å². The number of nitrogens with zero attached hydrogens (tertiary/aromatic N) is 7. The van der Waals surface area contributed by atoms with Crippen LogP contribution < -0.4 is 17.2 Å². The average molecular weight is 1480 g/mol. The lowest BCUT2D eigenvalue weighted by Gasteiger charge is -2.27. The number of para-hydroxylation sites is 4. The fourth-order valence-electron chi connectivity index (χ4n) is 12.9. The highest BCUT2D eigenvalue weighted by molar-refractivity contribution is 6.07. The number of aromatic nitrogens is 4. The third-order valence-electron chi connectivity index (χ3n) is 18.5. The zero-order valence-corrected chi connectivity index (χ0v) is 62.4. The van der Waals surface area contributed by atoms with Crippen molar-refractivity contribution in [1.82, 2.24) is 34.6 Å². The first-order chi connectivity index (χ1) is 53.0. The van der Waals surface area contributed by atoms with Crippen LogP contribution in [-0.2, 0) is 57.6 Å².